The summed E-state index contributed by atoms with van der Waals surface area (Å²) < 4.78 is 0. The fourth-order valence-corrected chi connectivity index (χ4v) is 2.01. The van der Waals surface area contributed by atoms with Gasteiger partial charge in [0.15, 0.2) is 0 Å². The highest BCUT2D eigenvalue weighted by molar-refractivity contribution is 4.87. The highest BCUT2D eigenvalue weighted by Gasteiger charge is 2.36. The van der Waals surface area contributed by atoms with Crippen molar-refractivity contribution in [2.45, 2.75) is 52.4 Å². The normalized spacial score (nSPS) is 36.6. The molecule has 0 aliphatic heterocycles. The summed E-state index contributed by atoms with van der Waals surface area (Å²) in [6.07, 6.45) is 9.28. The smallest absolute Gasteiger partial charge is 0.0383 e. The minimum Gasteiger partial charge on any atom is -0.0683 e. The second-order valence-corrected chi connectivity index (χ2v) is 3.39. The maximum absolute atomic E-state index is 2.00. The first-order chi connectivity index (χ1) is 4.97. The zero-order valence-corrected chi connectivity index (χ0v) is 7.40. The van der Waals surface area contributed by atoms with Crippen LogP contribution < -0.4 is 0 Å². The molecule has 0 aromatic rings. The summed E-state index contributed by atoms with van der Waals surface area (Å²) in [7, 11) is 0. The van der Waals surface area contributed by atoms with Crippen molar-refractivity contribution >= 4 is 0 Å². The van der Waals surface area contributed by atoms with E-state index in [1.165, 1.54) is 31.1 Å². The van der Waals surface area contributed by atoms with Gasteiger partial charge in [0.2, 0.25) is 0 Å². The van der Waals surface area contributed by atoms with Crippen LogP contribution in [0.2, 0.25) is 0 Å². The van der Waals surface area contributed by atoms with Gasteiger partial charge in [-0.15, -0.1) is 0 Å². The first-order valence-corrected chi connectivity index (χ1v) is 4.97. The van der Waals surface area contributed by atoms with Crippen molar-refractivity contribution in [2.75, 3.05) is 0 Å². The monoisotopic (exact) mass is 140 g/mol. The summed E-state index contributed by atoms with van der Waals surface area (Å²) in [5.41, 5.74) is 0. The first kappa shape index (κ1) is 8.10. The van der Waals surface area contributed by atoms with E-state index in [9.17, 15) is 0 Å². The van der Waals surface area contributed by atoms with Crippen molar-refractivity contribution < 1.29 is 0 Å². The fraction of sp³-hybridized carbons (Fsp3) is 1.00. The lowest BCUT2D eigenvalue weighted by molar-refractivity contribution is 0.644. The molecular formula is C10H20. The molecule has 2 unspecified atom stereocenters. The summed E-state index contributed by atoms with van der Waals surface area (Å²) in [5, 5.41) is 0. The predicted octanol–water partition coefficient (Wildman–Crippen LogP) is 3.61. The van der Waals surface area contributed by atoms with Gasteiger partial charge in [0.05, 0.1) is 0 Å². The van der Waals surface area contributed by atoms with Crippen LogP contribution in [0.25, 0.3) is 0 Å². The highest BCUT2D eigenvalue weighted by Crippen LogP contribution is 2.47. The second kappa shape index (κ2) is 4.00. The van der Waals surface area contributed by atoms with Crippen LogP contribution in [0.15, 0.2) is 0 Å². The van der Waals surface area contributed by atoms with Crippen LogP contribution in [0.1, 0.15) is 52.4 Å². The Balaban J connectivity index is 0.000000231. The molecule has 60 valence electrons. The van der Waals surface area contributed by atoms with Gasteiger partial charge >= 0.3 is 0 Å². The lowest BCUT2D eigenvalue weighted by Gasteiger charge is -1.90. The van der Waals surface area contributed by atoms with E-state index >= 15 is 0 Å². The molecule has 2 saturated carbocycles. The Bertz CT molecular complexity index is 76.0. The molecule has 0 radical (unpaired) electrons. The summed E-state index contributed by atoms with van der Waals surface area (Å²) >= 11 is 0. The topological polar surface area (TPSA) is 0 Å². The minimum atomic E-state index is 1.19. The van der Waals surface area contributed by atoms with Gasteiger partial charge in [0, 0.05) is 0 Å². The molecule has 0 spiro atoms. The van der Waals surface area contributed by atoms with Crippen molar-refractivity contribution in [1.29, 1.82) is 0 Å². The van der Waals surface area contributed by atoms with Gasteiger partial charge in [-0.05, 0) is 18.3 Å². The van der Waals surface area contributed by atoms with Crippen molar-refractivity contribution in [3.63, 3.8) is 0 Å². The van der Waals surface area contributed by atoms with Crippen LogP contribution in [0.4, 0.5) is 0 Å². The lowest BCUT2D eigenvalue weighted by Crippen LogP contribution is -1.74. The molecule has 2 fully saturated rings. The standard InChI is InChI=1S/C8H14.C2H6/c1-2-4-7-6-8(7)5-3-1;1-2/h7-8H,1-6H2;1-2H3. The third-order valence-electron chi connectivity index (χ3n) is 2.72. The Morgan fingerprint density at radius 3 is 1.80 bits per heavy atom. The van der Waals surface area contributed by atoms with Crippen LogP contribution in [0, 0.1) is 11.8 Å². The van der Waals surface area contributed by atoms with Crippen LogP contribution in [0.3, 0.4) is 0 Å². The lowest BCUT2D eigenvalue weighted by atomic mass is 10.2. The van der Waals surface area contributed by atoms with E-state index in [0.717, 1.165) is 0 Å². The number of hydrogen-bond donors (Lipinski definition) is 0. The Kier molecular flexibility index (Phi) is 3.24. The average Bonchev–Trinajstić information content (AvgIpc) is 2.66. The molecule has 0 bridgehead atoms. The summed E-state index contributed by atoms with van der Waals surface area (Å²) in [4.78, 5) is 0. The SMILES string of the molecule is C1CCC2CC2CC1.CC. The Labute approximate surface area is 65.0 Å². The van der Waals surface area contributed by atoms with E-state index in [2.05, 4.69) is 0 Å². The molecule has 0 heterocycles. The Morgan fingerprint density at radius 2 is 1.30 bits per heavy atom. The molecule has 0 amide bonds. The molecule has 0 N–H and O–H groups in total. The fourth-order valence-electron chi connectivity index (χ4n) is 2.01. The molecule has 0 saturated heterocycles. The van der Waals surface area contributed by atoms with Gasteiger partial charge in [0.1, 0.15) is 0 Å². The van der Waals surface area contributed by atoms with Crippen molar-refractivity contribution in [3.8, 4) is 0 Å². The van der Waals surface area contributed by atoms with Crippen LogP contribution >= 0.6 is 0 Å². The summed E-state index contributed by atoms with van der Waals surface area (Å²) in [5.74, 6) is 2.38. The van der Waals surface area contributed by atoms with Gasteiger partial charge in [-0.3, -0.25) is 0 Å². The van der Waals surface area contributed by atoms with Crippen LogP contribution in [0.5, 0.6) is 0 Å². The molecule has 0 aromatic carbocycles. The summed E-state index contributed by atoms with van der Waals surface area (Å²) in [6.45, 7) is 4.00. The molecule has 0 heteroatoms. The number of fused-ring (bicyclic) bond motifs is 1. The van der Waals surface area contributed by atoms with E-state index < -0.39 is 0 Å². The van der Waals surface area contributed by atoms with E-state index in [4.69, 9.17) is 0 Å². The molecule has 2 atom stereocenters. The summed E-state index contributed by atoms with van der Waals surface area (Å²) in [6, 6.07) is 0. The first-order valence-electron chi connectivity index (χ1n) is 4.97. The Hall–Kier alpha value is 0. The van der Waals surface area contributed by atoms with E-state index in [-0.39, 0.29) is 0 Å². The number of hydrogen-bond acceptors (Lipinski definition) is 0. The van der Waals surface area contributed by atoms with Crippen LogP contribution in [-0.2, 0) is 0 Å². The van der Waals surface area contributed by atoms with Crippen molar-refractivity contribution in [2.24, 2.45) is 11.8 Å². The van der Waals surface area contributed by atoms with Crippen LogP contribution in [-0.4, -0.2) is 0 Å². The third-order valence-corrected chi connectivity index (χ3v) is 2.72. The highest BCUT2D eigenvalue weighted by atomic mass is 14.4. The van der Waals surface area contributed by atoms with Gasteiger partial charge < -0.3 is 0 Å². The third kappa shape index (κ3) is 2.00. The molecular weight excluding hydrogens is 120 g/mol. The zero-order chi connectivity index (χ0) is 7.40. The van der Waals surface area contributed by atoms with E-state index in [0.29, 0.717) is 0 Å². The number of rotatable bonds is 0. The zero-order valence-electron chi connectivity index (χ0n) is 7.40. The van der Waals surface area contributed by atoms with Crippen molar-refractivity contribution in [3.05, 3.63) is 0 Å². The molecule has 2 rings (SSSR count). The predicted molar refractivity (Wildman–Crippen MR) is 46.0 cm³/mol. The molecule has 0 nitrogen and oxygen atoms in total. The minimum absolute atomic E-state index is 1.19. The van der Waals surface area contributed by atoms with Gasteiger partial charge in [-0.25, -0.2) is 0 Å². The maximum Gasteiger partial charge on any atom is -0.0383 e. The molecule has 10 heavy (non-hydrogen) atoms. The van der Waals surface area contributed by atoms with Gasteiger partial charge in [-0.2, -0.15) is 0 Å². The Morgan fingerprint density at radius 1 is 0.800 bits per heavy atom. The second-order valence-electron chi connectivity index (χ2n) is 3.39. The van der Waals surface area contributed by atoms with E-state index in [1.807, 2.05) is 13.8 Å². The largest absolute Gasteiger partial charge is 0.0683 e. The molecule has 2 aliphatic carbocycles. The van der Waals surface area contributed by atoms with Gasteiger partial charge in [-0.1, -0.05) is 46.0 Å². The van der Waals surface area contributed by atoms with Crippen molar-refractivity contribution in [1.82, 2.24) is 0 Å². The molecule has 0 aromatic heterocycles. The van der Waals surface area contributed by atoms with E-state index in [1.54, 1.807) is 19.3 Å². The molecule has 2 aliphatic rings. The average molecular weight is 140 g/mol. The quantitative estimate of drug-likeness (QED) is 0.482. The van der Waals surface area contributed by atoms with Gasteiger partial charge in [0.25, 0.3) is 0 Å². The maximum atomic E-state index is 2.00.